The van der Waals surface area contributed by atoms with Gasteiger partial charge >= 0.3 is 5.97 Å². The third-order valence-electron chi connectivity index (χ3n) is 4.54. The highest BCUT2D eigenvalue weighted by Crippen LogP contribution is 2.36. The quantitative estimate of drug-likeness (QED) is 0.668. The van der Waals surface area contributed by atoms with Crippen LogP contribution in [0.3, 0.4) is 0 Å². The van der Waals surface area contributed by atoms with Crippen LogP contribution >= 0.6 is 0 Å². The molecule has 1 aliphatic rings. The summed E-state index contributed by atoms with van der Waals surface area (Å²) in [6.45, 7) is 0.259. The van der Waals surface area contributed by atoms with E-state index in [1.54, 1.807) is 47.4 Å². The van der Waals surface area contributed by atoms with Crippen LogP contribution in [-0.2, 0) is 11.3 Å². The van der Waals surface area contributed by atoms with E-state index in [0.717, 1.165) is 5.56 Å². The Kier molecular flexibility index (Phi) is 4.83. The number of para-hydroxylation sites is 2. The lowest BCUT2D eigenvalue weighted by Crippen LogP contribution is -2.36. The maximum atomic E-state index is 13.2. The molecule has 0 radical (unpaired) electrons. The number of anilines is 1. The van der Waals surface area contributed by atoms with Crippen molar-refractivity contribution in [2.24, 2.45) is 0 Å². The lowest BCUT2D eigenvalue weighted by atomic mass is 10.1. The summed E-state index contributed by atoms with van der Waals surface area (Å²) in [5.74, 6) is -1.05. The molecule has 0 bridgehead atoms. The Morgan fingerprint density at radius 2 is 1.69 bits per heavy atom. The molecular formula is C23H16FNO4. The highest BCUT2D eigenvalue weighted by Gasteiger charge is 2.30. The van der Waals surface area contributed by atoms with Crippen LogP contribution in [0.15, 0.2) is 78.6 Å². The number of aromatic carboxylic acids is 1. The predicted octanol–water partition coefficient (Wildman–Crippen LogP) is 4.49. The number of nitrogens with zero attached hydrogens (tertiary/aromatic N) is 1. The van der Waals surface area contributed by atoms with E-state index in [0.29, 0.717) is 17.0 Å². The zero-order valence-electron chi connectivity index (χ0n) is 15.2. The van der Waals surface area contributed by atoms with E-state index in [9.17, 15) is 14.0 Å². The SMILES string of the molecule is O=C(O)c1ccc(C=C2Oc3ccccc3N(Cc3ccc(F)cc3)C2=O)cc1. The van der Waals surface area contributed by atoms with Gasteiger partial charge in [-0.1, -0.05) is 36.4 Å². The Labute approximate surface area is 166 Å². The number of carboxylic acid groups (broad SMARTS) is 1. The number of carbonyl (C=O) groups is 2. The zero-order valence-corrected chi connectivity index (χ0v) is 15.2. The van der Waals surface area contributed by atoms with Gasteiger partial charge in [-0.05, 0) is 53.6 Å². The standard InChI is InChI=1S/C23H16FNO4/c24-18-11-7-16(8-12-18)14-25-19-3-1-2-4-20(19)29-21(22(25)26)13-15-5-9-17(10-6-15)23(27)28/h1-13H,14H2,(H,27,28). The Hall–Kier alpha value is -3.93. The van der Waals surface area contributed by atoms with Crippen molar-refractivity contribution in [2.45, 2.75) is 6.54 Å². The van der Waals surface area contributed by atoms with Gasteiger partial charge in [0.1, 0.15) is 5.82 Å². The topological polar surface area (TPSA) is 66.8 Å². The number of rotatable bonds is 4. The smallest absolute Gasteiger partial charge is 0.335 e. The summed E-state index contributed by atoms with van der Waals surface area (Å²) in [5, 5.41) is 9.02. The molecule has 1 amide bonds. The molecular weight excluding hydrogens is 373 g/mol. The summed E-state index contributed by atoms with van der Waals surface area (Å²) in [6.07, 6.45) is 1.57. The highest BCUT2D eigenvalue weighted by atomic mass is 19.1. The summed E-state index contributed by atoms with van der Waals surface area (Å²) in [5.41, 5.74) is 2.20. The van der Waals surface area contributed by atoms with Crippen molar-refractivity contribution in [2.75, 3.05) is 4.90 Å². The van der Waals surface area contributed by atoms with Crippen molar-refractivity contribution in [3.05, 3.63) is 101 Å². The van der Waals surface area contributed by atoms with Crippen LogP contribution in [0.25, 0.3) is 6.08 Å². The van der Waals surface area contributed by atoms with Gasteiger partial charge in [0, 0.05) is 0 Å². The fourth-order valence-electron chi connectivity index (χ4n) is 3.06. The summed E-state index contributed by atoms with van der Waals surface area (Å²) >= 11 is 0. The second kappa shape index (κ2) is 7.59. The number of carbonyl (C=O) groups excluding carboxylic acids is 1. The van der Waals surface area contributed by atoms with Crippen LogP contribution in [-0.4, -0.2) is 17.0 Å². The fourth-order valence-corrected chi connectivity index (χ4v) is 3.06. The van der Waals surface area contributed by atoms with Gasteiger partial charge in [0.2, 0.25) is 0 Å². The van der Waals surface area contributed by atoms with E-state index >= 15 is 0 Å². The van der Waals surface area contributed by atoms with Crippen molar-refractivity contribution in [1.29, 1.82) is 0 Å². The molecule has 1 N–H and O–H groups in total. The van der Waals surface area contributed by atoms with Gasteiger partial charge in [-0.3, -0.25) is 9.69 Å². The number of carboxylic acids is 1. The fraction of sp³-hybridized carbons (Fsp3) is 0.0435. The lowest BCUT2D eigenvalue weighted by Gasteiger charge is -2.30. The van der Waals surface area contributed by atoms with Crippen LogP contribution in [0.5, 0.6) is 5.75 Å². The normalized spacial score (nSPS) is 14.4. The van der Waals surface area contributed by atoms with Crippen LogP contribution in [0.4, 0.5) is 10.1 Å². The monoisotopic (exact) mass is 389 g/mol. The third-order valence-corrected chi connectivity index (χ3v) is 4.54. The molecule has 3 aromatic rings. The predicted molar refractivity (Wildman–Crippen MR) is 106 cm³/mol. The van der Waals surface area contributed by atoms with Gasteiger partial charge in [-0.15, -0.1) is 0 Å². The van der Waals surface area contributed by atoms with Crippen molar-refractivity contribution in [3.8, 4) is 5.75 Å². The first-order valence-corrected chi connectivity index (χ1v) is 8.89. The molecule has 0 aliphatic carbocycles. The van der Waals surface area contributed by atoms with Gasteiger partial charge in [-0.2, -0.15) is 0 Å². The number of hydrogen-bond acceptors (Lipinski definition) is 3. The van der Waals surface area contributed by atoms with E-state index in [2.05, 4.69) is 0 Å². The average molecular weight is 389 g/mol. The van der Waals surface area contributed by atoms with E-state index < -0.39 is 5.97 Å². The zero-order chi connectivity index (χ0) is 20.4. The second-order valence-electron chi connectivity index (χ2n) is 6.52. The number of benzene rings is 3. The highest BCUT2D eigenvalue weighted by molar-refractivity contribution is 6.09. The molecule has 0 saturated heterocycles. The Morgan fingerprint density at radius 3 is 2.38 bits per heavy atom. The number of fused-ring (bicyclic) bond motifs is 1. The molecule has 0 unspecified atom stereocenters. The van der Waals surface area contributed by atoms with E-state index in [4.69, 9.17) is 9.84 Å². The molecule has 3 aromatic carbocycles. The maximum absolute atomic E-state index is 13.2. The van der Waals surface area contributed by atoms with Gasteiger partial charge in [0.15, 0.2) is 11.5 Å². The summed E-state index contributed by atoms with van der Waals surface area (Å²) < 4.78 is 19.0. The Bertz CT molecular complexity index is 1100. The van der Waals surface area contributed by atoms with Crippen molar-refractivity contribution >= 4 is 23.6 Å². The molecule has 4 rings (SSSR count). The van der Waals surface area contributed by atoms with Crippen LogP contribution in [0.2, 0.25) is 0 Å². The summed E-state index contributed by atoms with van der Waals surface area (Å²) in [6, 6.07) is 19.3. The van der Waals surface area contributed by atoms with E-state index in [-0.39, 0.29) is 29.6 Å². The molecule has 0 fully saturated rings. The molecule has 6 heteroatoms. The van der Waals surface area contributed by atoms with Gasteiger partial charge in [0.05, 0.1) is 17.8 Å². The van der Waals surface area contributed by atoms with Crippen molar-refractivity contribution < 1.29 is 23.8 Å². The number of halogens is 1. The molecule has 0 saturated carbocycles. The average Bonchev–Trinajstić information content (AvgIpc) is 2.73. The van der Waals surface area contributed by atoms with Gasteiger partial charge < -0.3 is 9.84 Å². The molecule has 144 valence electrons. The lowest BCUT2D eigenvalue weighted by molar-refractivity contribution is -0.117. The summed E-state index contributed by atoms with van der Waals surface area (Å²) in [4.78, 5) is 25.7. The first-order chi connectivity index (χ1) is 14.0. The Balaban J connectivity index is 1.69. The molecule has 1 aliphatic heterocycles. The molecule has 0 aromatic heterocycles. The number of amides is 1. The Morgan fingerprint density at radius 1 is 1.00 bits per heavy atom. The third kappa shape index (κ3) is 3.87. The second-order valence-corrected chi connectivity index (χ2v) is 6.52. The minimum atomic E-state index is -1.02. The molecule has 29 heavy (non-hydrogen) atoms. The largest absolute Gasteiger partial charge is 0.478 e. The van der Waals surface area contributed by atoms with E-state index in [1.807, 2.05) is 12.1 Å². The van der Waals surface area contributed by atoms with Crippen molar-refractivity contribution in [1.82, 2.24) is 0 Å². The van der Waals surface area contributed by atoms with E-state index in [1.165, 1.54) is 24.3 Å². The summed E-state index contributed by atoms with van der Waals surface area (Å²) in [7, 11) is 0. The van der Waals surface area contributed by atoms with Gasteiger partial charge in [-0.25, -0.2) is 9.18 Å². The molecule has 0 spiro atoms. The minimum Gasteiger partial charge on any atom is -0.478 e. The van der Waals surface area contributed by atoms with Crippen molar-refractivity contribution in [3.63, 3.8) is 0 Å². The van der Waals surface area contributed by atoms with Crippen LogP contribution < -0.4 is 9.64 Å². The molecule has 0 atom stereocenters. The number of ether oxygens (including phenoxy) is 1. The maximum Gasteiger partial charge on any atom is 0.335 e. The first kappa shape index (κ1) is 18.4. The molecule has 5 nitrogen and oxygen atoms in total. The van der Waals surface area contributed by atoms with Crippen LogP contribution in [0.1, 0.15) is 21.5 Å². The molecule has 1 heterocycles. The minimum absolute atomic E-state index is 0.119. The van der Waals surface area contributed by atoms with Crippen LogP contribution in [0, 0.1) is 5.82 Å². The number of hydrogen-bond donors (Lipinski definition) is 1. The first-order valence-electron chi connectivity index (χ1n) is 8.89. The van der Waals surface area contributed by atoms with Gasteiger partial charge in [0.25, 0.3) is 5.91 Å².